The summed E-state index contributed by atoms with van der Waals surface area (Å²) in [6.45, 7) is 2.16. The number of carbonyl (C=O) groups excluding carboxylic acids is 2. The fourth-order valence-corrected chi connectivity index (χ4v) is 1.40. The predicted octanol–water partition coefficient (Wildman–Crippen LogP) is 1.62. The van der Waals surface area contributed by atoms with E-state index in [2.05, 4.69) is 0 Å². The van der Waals surface area contributed by atoms with E-state index < -0.39 is 0 Å². The second-order valence-corrected chi connectivity index (χ2v) is 4.11. The molecule has 0 N–H and O–H groups in total. The molecule has 0 heterocycles. The third-order valence-corrected chi connectivity index (χ3v) is 2.56. The lowest BCUT2D eigenvalue weighted by molar-refractivity contribution is -0.144. The van der Waals surface area contributed by atoms with Gasteiger partial charge in [0.1, 0.15) is 11.6 Å². The van der Waals surface area contributed by atoms with Crippen molar-refractivity contribution in [1.82, 2.24) is 4.90 Å². The molecule has 1 aromatic carbocycles. The summed E-state index contributed by atoms with van der Waals surface area (Å²) in [7, 11) is 1.58. The van der Waals surface area contributed by atoms with Crippen LogP contribution in [-0.4, -0.2) is 43.6 Å². The summed E-state index contributed by atoms with van der Waals surface area (Å²) in [5.74, 6) is -0.556. The molecule has 0 saturated heterocycles. The number of carbonyl (C=O) groups is 2. The first-order chi connectivity index (χ1) is 9.52. The fourth-order valence-electron chi connectivity index (χ4n) is 1.40. The number of nitrogens with zero attached hydrogens (tertiary/aromatic N) is 1. The highest BCUT2D eigenvalue weighted by Crippen LogP contribution is 2.10. The number of halogens is 1. The number of esters is 1. The molecule has 1 rings (SSSR count). The molecule has 5 nitrogen and oxygen atoms in total. The van der Waals surface area contributed by atoms with Gasteiger partial charge >= 0.3 is 5.97 Å². The van der Waals surface area contributed by atoms with Crippen molar-refractivity contribution in [3.05, 3.63) is 30.1 Å². The second kappa shape index (κ2) is 8.14. The van der Waals surface area contributed by atoms with Crippen molar-refractivity contribution < 1.29 is 23.5 Å². The molecule has 1 aromatic rings. The van der Waals surface area contributed by atoms with Gasteiger partial charge < -0.3 is 14.4 Å². The zero-order valence-corrected chi connectivity index (χ0v) is 11.6. The van der Waals surface area contributed by atoms with E-state index in [1.807, 2.05) is 0 Å². The molecule has 0 bridgehead atoms. The van der Waals surface area contributed by atoms with Crippen LogP contribution >= 0.6 is 0 Å². The van der Waals surface area contributed by atoms with Gasteiger partial charge in [-0.05, 0) is 31.2 Å². The highest BCUT2D eigenvalue weighted by atomic mass is 19.1. The van der Waals surface area contributed by atoms with E-state index in [-0.39, 0.29) is 37.3 Å². The summed E-state index contributed by atoms with van der Waals surface area (Å²) in [6.07, 6.45) is 0.145. The van der Waals surface area contributed by atoms with E-state index in [0.29, 0.717) is 12.4 Å². The smallest absolute Gasteiger partial charge is 0.307 e. The Kier molecular flexibility index (Phi) is 6.49. The highest BCUT2D eigenvalue weighted by Gasteiger charge is 2.12. The van der Waals surface area contributed by atoms with Gasteiger partial charge in [-0.25, -0.2) is 4.39 Å². The van der Waals surface area contributed by atoms with E-state index >= 15 is 0 Å². The van der Waals surface area contributed by atoms with Crippen molar-refractivity contribution in [2.24, 2.45) is 0 Å². The van der Waals surface area contributed by atoms with Crippen molar-refractivity contribution in [1.29, 1.82) is 0 Å². The average Bonchev–Trinajstić information content (AvgIpc) is 2.44. The maximum atomic E-state index is 12.7. The molecule has 0 aliphatic rings. The molecule has 0 spiro atoms. The van der Waals surface area contributed by atoms with Gasteiger partial charge in [-0.15, -0.1) is 0 Å². The van der Waals surface area contributed by atoms with Crippen LogP contribution in [-0.2, 0) is 14.3 Å². The molecular formula is C14H18FNO4. The number of ether oxygens (including phenoxy) is 2. The summed E-state index contributed by atoms with van der Waals surface area (Å²) < 4.78 is 22.7. The Morgan fingerprint density at radius 3 is 2.50 bits per heavy atom. The Morgan fingerprint density at radius 2 is 1.90 bits per heavy atom. The molecule has 1 amide bonds. The van der Waals surface area contributed by atoms with E-state index in [9.17, 15) is 14.0 Å². The highest BCUT2D eigenvalue weighted by molar-refractivity contribution is 5.78. The molecule has 0 fully saturated rings. The standard InChI is InChI=1S/C14H18FNO4/c1-3-19-14(18)8-9-16(2)13(17)10-20-12-6-4-11(15)5-7-12/h4-7H,3,8-10H2,1-2H3. The zero-order valence-electron chi connectivity index (χ0n) is 11.6. The number of amides is 1. The lowest BCUT2D eigenvalue weighted by atomic mass is 10.3. The zero-order chi connectivity index (χ0) is 15.0. The number of hydrogen-bond donors (Lipinski definition) is 0. The lowest BCUT2D eigenvalue weighted by Gasteiger charge is -2.16. The minimum absolute atomic E-state index is 0.145. The molecule has 0 saturated carbocycles. The minimum atomic E-state index is -0.366. The molecule has 0 radical (unpaired) electrons. The van der Waals surface area contributed by atoms with Gasteiger partial charge in [0, 0.05) is 13.6 Å². The quantitative estimate of drug-likeness (QED) is 0.713. The summed E-state index contributed by atoms with van der Waals surface area (Å²) in [5.41, 5.74) is 0. The van der Waals surface area contributed by atoms with Crippen LogP contribution in [0.15, 0.2) is 24.3 Å². The van der Waals surface area contributed by atoms with Crippen LogP contribution in [0.25, 0.3) is 0 Å². The Labute approximate surface area is 117 Å². The van der Waals surface area contributed by atoms with Crippen LogP contribution in [0, 0.1) is 5.82 Å². The summed E-state index contributed by atoms with van der Waals surface area (Å²) >= 11 is 0. The molecule has 6 heteroatoms. The van der Waals surface area contributed by atoms with Crippen LogP contribution in [0.2, 0.25) is 0 Å². The van der Waals surface area contributed by atoms with E-state index in [0.717, 1.165) is 0 Å². The largest absolute Gasteiger partial charge is 0.484 e. The maximum absolute atomic E-state index is 12.7. The van der Waals surface area contributed by atoms with E-state index in [4.69, 9.17) is 9.47 Å². The van der Waals surface area contributed by atoms with E-state index in [1.54, 1.807) is 14.0 Å². The van der Waals surface area contributed by atoms with Gasteiger partial charge in [-0.1, -0.05) is 0 Å². The maximum Gasteiger partial charge on any atom is 0.307 e. The first-order valence-electron chi connectivity index (χ1n) is 6.31. The lowest BCUT2D eigenvalue weighted by Crippen LogP contribution is -2.33. The summed E-state index contributed by atoms with van der Waals surface area (Å²) in [4.78, 5) is 24.3. The monoisotopic (exact) mass is 283 g/mol. The number of rotatable bonds is 7. The third kappa shape index (κ3) is 5.69. The summed E-state index contributed by atoms with van der Waals surface area (Å²) in [6, 6.07) is 5.40. The van der Waals surface area contributed by atoms with Gasteiger partial charge in [0.15, 0.2) is 6.61 Å². The minimum Gasteiger partial charge on any atom is -0.484 e. The van der Waals surface area contributed by atoms with Crippen molar-refractivity contribution in [2.45, 2.75) is 13.3 Å². The normalized spacial score (nSPS) is 9.95. The van der Waals surface area contributed by atoms with Gasteiger partial charge in [0.2, 0.25) is 0 Å². The SMILES string of the molecule is CCOC(=O)CCN(C)C(=O)COc1ccc(F)cc1. The number of hydrogen-bond acceptors (Lipinski definition) is 4. The predicted molar refractivity (Wildman–Crippen MR) is 70.8 cm³/mol. The Hall–Kier alpha value is -2.11. The Morgan fingerprint density at radius 1 is 1.25 bits per heavy atom. The molecule has 0 aromatic heterocycles. The van der Waals surface area contributed by atoms with Crippen LogP contribution in [0.4, 0.5) is 4.39 Å². The first kappa shape index (κ1) is 15.9. The second-order valence-electron chi connectivity index (χ2n) is 4.11. The van der Waals surface area contributed by atoms with Crippen LogP contribution < -0.4 is 4.74 Å². The molecule has 0 unspecified atom stereocenters. The van der Waals surface area contributed by atoms with Gasteiger partial charge in [-0.3, -0.25) is 9.59 Å². The summed E-state index contributed by atoms with van der Waals surface area (Å²) in [5, 5.41) is 0. The number of benzene rings is 1. The molecular weight excluding hydrogens is 265 g/mol. The third-order valence-electron chi connectivity index (χ3n) is 2.56. The Bertz CT molecular complexity index is 447. The van der Waals surface area contributed by atoms with Crippen molar-refractivity contribution in [3.63, 3.8) is 0 Å². The molecule has 20 heavy (non-hydrogen) atoms. The number of likely N-dealkylation sites (N-methyl/N-ethyl adjacent to an activating group) is 1. The van der Waals surface area contributed by atoms with Crippen LogP contribution in [0.1, 0.15) is 13.3 Å². The molecule has 0 atom stereocenters. The van der Waals surface area contributed by atoms with E-state index in [1.165, 1.54) is 29.2 Å². The molecule has 110 valence electrons. The fraction of sp³-hybridized carbons (Fsp3) is 0.429. The van der Waals surface area contributed by atoms with Crippen LogP contribution in [0.3, 0.4) is 0 Å². The average molecular weight is 283 g/mol. The Balaban J connectivity index is 2.31. The van der Waals surface area contributed by atoms with Crippen molar-refractivity contribution >= 4 is 11.9 Å². The first-order valence-corrected chi connectivity index (χ1v) is 6.31. The molecule has 0 aliphatic heterocycles. The van der Waals surface area contributed by atoms with Crippen molar-refractivity contribution in [2.75, 3.05) is 26.8 Å². The van der Waals surface area contributed by atoms with Gasteiger partial charge in [0.05, 0.1) is 13.0 Å². The van der Waals surface area contributed by atoms with Crippen molar-refractivity contribution in [3.8, 4) is 5.75 Å². The topological polar surface area (TPSA) is 55.8 Å². The van der Waals surface area contributed by atoms with Crippen LogP contribution in [0.5, 0.6) is 5.75 Å². The molecule has 0 aliphatic carbocycles. The van der Waals surface area contributed by atoms with Gasteiger partial charge in [-0.2, -0.15) is 0 Å². The van der Waals surface area contributed by atoms with Gasteiger partial charge in [0.25, 0.3) is 5.91 Å².